The highest BCUT2D eigenvalue weighted by atomic mass is 16.7. The largest absolute Gasteiger partial charge is 0.465 e. The second-order valence-corrected chi connectivity index (χ2v) is 7.98. The van der Waals surface area contributed by atoms with E-state index in [1.165, 1.54) is 6.08 Å². The van der Waals surface area contributed by atoms with Crippen molar-refractivity contribution in [3.05, 3.63) is 11.8 Å². The first-order valence-electron chi connectivity index (χ1n) is 8.92. The molecule has 0 radical (unpaired) electrons. The molecule has 1 aliphatic heterocycles. The van der Waals surface area contributed by atoms with Crippen molar-refractivity contribution in [2.75, 3.05) is 13.2 Å². The van der Waals surface area contributed by atoms with Gasteiger partial charge in [-0.2, -0.15) is 0 Å². The van der Waals surface area contributed by atoms with Crippen LogP contribution in [0.15, 0.2) is 11.8 Å². The Hall–Kier alpha value is -1.36. The third-order valence-electron chi connectivity index (χ3n) is 4.68. The molecule has 2 aliphatic rings. The van der Waals surface area contributed by atoms with Crippen LogP contribution in [0.25, 0.3) is 0 Å². The van der Waals surface area contributed by atoms with E-state index in [0.717, 1.165) is 6.42 Å². The van der Waals surface area contributed by atoms with E-state index in [4.69, 9.17) is 14.2 Å². The highest BCUT2D eigenvalue weighted by Gasteiger charge is 2.63. The minimum atomic E-state index is -0.948. The molecule has 0 aromatic heterocycles. The van der Waals surface area contributed by atoms with Crippen LogP contribution in [0.2, 0.25) is 0 Å². The lowest BCUT2D eigenvalue weighted by Gasteiger charge is -2.43. The molecule has 24 heavy (non-hydrogen) atoms. The van der Waals surface area contributed by atoms with Crippen molar-refractivity contribution < 1.29 is 23.8 Å². The number of carbonyl (C=O) groups is 2. The maximum atomic E-state index is 12.6. The molecular formula is C19H30O5. The van der Waals surface area contributed by atoms with Crippen LogP contribution in [0, 0.1) is 17.3 Å². The van der Waals surface area contributed by atoms with Crippen molar-refractivity contribution in [3.8, 4) is 0 Å². The molecule has 1 saturated heterocycles. The number of esters is 1. The lowest BCUT2D eigenvalue weighted by atomic mass is 9.69. The average molecular weight is 338 g/mol. The Morgan fingerprint density at radius 3 is 2.54 bits per heavy atom. The summed E-state index contributed by atoms with van der Waals surface area (Å²) in [6, 6.07) is 0. The number of hydrogen-bond acceptors (Lipinski definition) is 5. The molecule has 2 fully saturated rings. The molecule has 1 saturated carbocycles. The summed E-state index contributed by atoms with van der Waals surface area (Å²) >= 11 is 0. The summed E-state index contributed by atoms with van der Waals surface area (Å²) in [5, 5.41) is 0. The molecule has 5 heteroatoms. The zero-order valence-corrected chi connectivity index (χ0v) is 15.5. The number of ether oxygens (including phenoxy) is 3. The zero-order valence-electron chi connectivity index (χ0n) is 15.5. The third kappa shape index (κ3) is 3.82. The topological polar surface area (TPSA) is 61.8 Å². The first kappa shape index (κ1) is 19.0. The van der Waals surface area contributed by atoms with Gasteiger partial charge in [-0.1, -0.05) is 27.7 Å². The van der Waals surface area contributed by atoms with Crippen LogP contribution in [0.4, 0.5) is 0 Å². The maximum absolute atomic E-state index is 12.6. The fourth-order valence-electron chi connectivity index (χ4n) is 3.30. The van der Waals surface area contributed by atoms with Gasteiger partial charge in [0.1, 0.15) is 11.5 Å². The third-order valence-corrected chi connectivity index (χ3v) is 4.68. The smallest absolute Gasteiger partial charge is 0.334 e. The minimum absolute atomic E-state index is 0.149. The van der Waals surface area contributed by atoms with E-state index in [2.05, 4.69) is 13.8 Å². The summed E-state index contributed by atoms with van der Waals surface area (Å²) in [5.74, 6) is -0.113. The lowest BCUT2D eigenvalue weighted by Crippen LogP contribution is -2.53. The molecule has 0 spiro atoms. The molecule has 136 valence electrons. The van der Waals surface area contributed by atoms with Crippen molar-refractivity contribution in [1.82, 2.24) is 0 Å². The monoisotopic (exact) mass is 338 g/mol. The summed E-state index contributed by atoms with van der Waals surface area (Å²) in [4.78, 5) is 24.6. The van der Waals surface area contributed by atoms with E-state index >= 15 is 0 Å². The first-order chi connectivity index (χ1) is 11.2. The van der Waals surface area contributed by atoms with E-state index in [-0.39, 0.29) is 11.7 Å². The van der Waals surface area contributed by atoms with E-state index in [0.29, 0.717) is 44.2 Å². The van der Waals surface area contributed by atoms with Gasteiger partial charge >= 0.3 is 5.97 Å². The van der Waals surface area contributed by atoms with Gasteiger partial charge in [0.15, 0.2) is 0 Å². The van der Waals surface area contributed by atoms with Gasteiger partial charge in [0.25, 0.3) is 0 Å². The van der Waals surface area contributed by atoms with Crippen molar-refractivity contribution in [1.29, 1.82) is 0 Å². The van der Waals surface area contributed by atoms with Gasteiger partial charge in [0.2, 0.25) is 5.79 Å². The van der Waals surface area contributed by atoms with Crippen LogP contribution in [0.3, 0.4) is 0 Å². The number of hydrogen-bond donors (Lipinski definition) is 0. The Morgan fingerprint density at radius 1 is 1.25 bits per heavy atom. The summed E-state index contributed by atoms with van der Waals surface area (Å²) in [7, 11) is 0. The molecule has 0 amide bonds. The van der Waals surface area contributed by atoms with E-state index in [1.807, 2.05) is 20.8 Å². The number of fused-ring (bicyclic) bond motifs is 1. The summed E-state index contributed by atoms with van der Waals surface area (Å²) < 4.78 is 17.4. The van der Waals surface area contributed by atoms with Gasteiger partial charge in [0, 0.05) is 19.3 Å². The van der Waals surface area contributed by atoms with Crippen LogP contribution < -0.4 is 0 Å². The van der Waals surface area contributed by atoms with E-state index in [9.17, 15) is 9.59 Å². The molecule has 2 rings (SSSR count). The molecule has 0 aromatic rings. The van der Waals surface area contributed by atoms with Gasteiger partial charge in [-0.15, -0.1) is 0 Å². The van der Waals surface area contributed by atoms with Crippen LogP contribution in [-0.2, 0) is 23.8 Å². The van der Waals surface area contributed by atoms with E-state index < -0.39 is 17.2 Å². The highest BCUT2D eigenvalue weighted by molar-refractivity contribution is 5.88. The maximum Gasteiger partial charge on any atom is 0.334 e. The Labute approximate surface area is 144 Å². The molecule has 0 unspecified atom stereocenters. The molecule has 0 bridgehead atoms. The van der Waals surface area contributed by atoms with Gasteiger partial charge in [0.05, 0.1) is 24.7 Å². The predicted molar refractivity (Wildman–Crippen MR) is 90.1 cm³/mol. The molecule has 1 heterocycles. The van der Waals surface area contributed by atoms with Gasteiger partial charge in [-0.25, -0.2) is 4.79 Å². The molecule has 1 aliphatic carbocycles. The highest BCUT2D eigenvalue weighted by Crippen LogP contribution is 2.55. The second kappa shape index (κ2) is 7.26. The fraction of sp³-hybridized carbons (Fsp3) is 0.789. The number of allylic oxidation sites excluding steroid dienone is 1. The second-order valence-electron chi connectivity index (χ2n) is 7.98. The fourth-order valence-corrected chi connectivity index (χ4v) is 3.30. The Balaban J connectivity index is 2.18. The average Bonchev–Trinajstić information content (AvgIpc) is 2.77. The molecule has 0 N–H and O–H groups in total. The van der Waals surface area contributed by atoms with Crippen LogP contribution in [0.1, 0.15) is 60.3 Å². The standard InChI is InChI=1S/C19H30O5/c1-13(2)11-22-17(21)9-15-10-18(5)16(20)7-6-8-19(18,24-15)23-12-14(3)4/h9,13-14H,6-8,10-12H2,1-5H3/b15-9+/t18-,19+/m0/s1. The Bertz CT molecular complexity index is 522. The van der Waals surface area contributed by atoms with Gasteiger partial charge in [-0.3, -0.25) is 4.79 Å². The molecule has 5 nitrogen and oxygen atoms in total. The van der Waals surface area contributed by atoms with E-state index in [1.54, 1.807) is 0 Å². The van der Waals surface area contributed by atoms with Crippen LogP contribution >= 0.6 is 0 Å². The van der Waals surface area contributed by atoms with Crippen molar-refractivity contribution in [2.45, 2.75) is 66.1 Å². The van der Waals surface area contributed by atoms with Crippen LogP contribution in [-0.4, -0.2) is 30.8 Å². The Morgan fingerprint density at radius 2 is 1.92 bits per heavy atom. The predicted octanol–water partition coefficient (Wildman–Crippen LogP) is 3.62. The Kier molecular flexibility index (Phi) is 5.74. The lowest BCUT2D eigenvalue weighted by molar-refractivity contribution is -0.256. The van der Waals surface area contributed by atoms with Gasteiger partial charge in [-0.05, 0) is 25.2 Å². The van der Waals surface area contributed by atoms with Crippen LogP contribution in [0.5, 0.6) is 0 Å². The quantitative estimate of drug-likeness (QED) is 0.547. The first-order valence-corrected chi connectivity index (χ1v) is 8.92. The summed E-state index contributed by atoms with van der Waals surface area (Å²) in [6.45, 7) is 10.9. The number of rotatable bonds is 6. The summed E-state index contributed by atoms with van der Waals surface area (Å²) in [6.07, 6.45) is 3.72. The summed E-state index contributed by atoms with van der Waals surface area (Å²) in [5.41, 5.74) is -0.732. The molecule has 2 atom stereocenters. The normalized spacial score (nSPS) is 31.5. The van der Waals surface area contributed by atoms with Crippen molar-refractivity contribution in [2.24, 2.45) is 17.3 Å². The SMILES string of the molecule is CC(C)COC(=O)/C=C1\C[C@@]2(C)C(=O)CCC[C@@]2(OCC(C)C)O1. The zero-order chi connectivity index (χ0) is 18.0. The van der Waals surface area contributed by atoms with Crippen molar-refractivity contribution >= 4 is 11.8 Å². The van der Waals surface area contributed by atoms with Gasteiger partial charge < -0.3 is 14.2 Å². The number of carbonyl (C=O) groups excluding carboxylic acids is 2. The van der Waals surface area contributed by atoms with Crippen molar-refractivity contribution in [3.63, 3.8) is 0 Å². The molecular weight excluding hydrogens is 308 g/mol. The number of ketones is 1. The number of Topliss-reactive ketones (excluding diaryl/α,β-unsaturated/α-hetero) is 1. The minimum Gasteiger partial charge on any atom is -0.465 e. The molecule has 0 aromatic carbocycles.